The van der Waals surface area contributed by atoms with Crippen LogP contribution in [-0.2, 0) is 11.2 Å². The molecule has 0 saturated heterocycles. The number of nitrogens with two attached hydrogens (primary N) is 1. The lowest BCUT2D eigenvalue weighted by Gasteiger charge is -2.21. The van der Waals surface area contributed by atoms with Crippen LogP contribution < -0.4 is 5.73 Å². The van der Waals surface area contributed by atoms with E-state index in [0.717, 1.165) is 11.3 Å². The molecule has 2 aromatic rings. The molecule has 19 heavy (non-hydrogen) atoms. The number of rotatable bonds is 3. The Hall–Kier alpha value is -1.84. The van der Waals surface area contributed by atoms with Crippen molar-refractivity contribution >= 4 is 11.6 Å². The van der Waals surface area contributed by atoms with Gasteiger partial charge in [0, 0.05) is 12.4 Å². The predicted molar refractivity (Wildman–Crippen MR) is 73.9 cm³/mol. The average molecular weight is 257 g/mol. The largest absolute Gasteiger partial charge is 0.369 e. The average Bonchev–Trinajstić information content (AvgIpc) is 2.81. The van der Waals surface area contributed by atoms with Crippen LogP contribution in [0.15, 0.2) is 24.5 Å². The molecule has 1 fully saturated rings. The zero-order valence-electron chi connectivity index (χ0n) is 11.0. The Kier molecular flexibility index (Phi) is 3.23. The van der Waals surface area contributed by atoms with Gasteiger partial charge >= 0.3 is 0 Å². The Balaban J connectivity index is 1.91. The second-order valence-corrected chi connectivity index (χ2v) is 5.42. The molecular weight excluding hydrogens is 238 g/mol. The van der Waals surface area contributed by atoms with Gasteiger partial charge in [-0.1, -0.05) is 19.3 Å². The molecule has 3 rings (SSSR count). The van der Waals surface area contributed by atoms with E-state index in [2.05, 4.69) is 17.1 Å². The van der Waals surface area contributed by atoms with Crippen molar-refractivity contribution in [2.75, 3.05) is 0 Å². The Labute approximate surface area is 112 Å². The van der Waals surface area contributed by atoms with Crippen molar-refractivity contribution in [3.63, 3.8) is 0 Å². The number of hydrogen-bond acceptors (Lipinski definition) is 2. The number of carbonyl (C=O) groups is 1. The van der Waals surface area contributed by atoms with Gasteiger partial charge in [0.25, 0.3) is 0 Å². The van der Waals surface area contributed by atoms with Crippen molar-refractivity contribution in [2.45, 2.75) is 44.4 Å². The van der Waals surface area contributed by atoms with Crippen molar-refractivity contribution < 1.29 is 4.79 Å². The van der Waals surface area contributed by atoms with Gasteiger partial charge < -0.3 is 10.1 Å². The van der Waals surface area contributed by atoms with Gasteiger partial charge in [-0.15, -0.1) is 0 Å². The maximum atomic E-state index is 11.0. The number of nitrogens with zero attached hydrogens (tertiary/aromatic N) is 2. The van der Waals surface area contributed by atoms with Gasteiger partial charge in [-0.3, -0.25) is 4.79 Å². The van der Waals surface area contributed by atoms with Crippen LogP contribution in [0, 0.1) is 0 Å². The maximum Gasteiger partial charge on any atom is 0.223 e. The van der Waals surface area contributed by atoms with Crippen LogP contribution >= 0.6 is 0 Å². The molecule has 0 atom stereocenters. The van der Waals surface area contributed by atoms with Crippen LogP contribution in [0.5, 0.6) is 0 Å². The first-order valence-electron chi connectivity index (χ1n) is 6.98. The van der Waals surface area contributed by atoms with Gasteiger partial charge in [0.05, 0.1) is 12.1 Å². The van der Waals surface area contributed by atoms with Gasteiger partial charge in [-0.2, -0.15) is 0 Å². The van der Waals surface area contributed by atoms with Crippen LogP contribution in [0.4, 0.5) is 0 Å². The predicted octanol–water partition coefficient (Wildman–Crippen LogP) is 2.41. The summed E-state index contributed by atoms with van der Waals surface area (Å²) in [5.41, 5.74) is 8.39. The molecule has 0 aliphatic heterocycles. The molecule has 2 aromatic heterocycles. The molecule has 0 unspecified atom stereocenters. The van der Waals surface area contributed by atoms with E-state index in [-0.39, 0.29) is 12.3 Å². The van der Waals surface area contributed by atoms with Gasteiger partial charge in [0.15, 0.2) is 0 Å². The summed E-state index contributed by atoms with van der Waals surface area (Å²) in [6.07, 6.45) is 10.6. The molecule has 1 aliphatic carbocycles. The van der Waals surface area contributed by atoms with Crippen LogP contribution in [0.3, 0.4) is 0 Å². The first-order chi connectivity index (χ1) is 9.24. The standard InChI is InChI=1S/C15H19N3O/c16-14(19)9-13-10-17-15-8-12(6-7-18(13)15)11-4-2-1-3-5-11/h6-8,10-11H,1-5,9H2,(H2,16,19). The third-order valence-corrected chi connectivity index (χ3v) is 4.05. The van der Waals surface area contributed by atoms with E-state index >= 15 is 0 Å². The second kappa shape index (κ2) is 5.03. The minimum Gasteiger partial charge on any atom is -0.369 e. The van der Waals surface area contributed by atoms with Crippen LogP contribution in [-0.4, -0.2) is 15.3 Å². The number of primary amides is 1. The summed E-state index contributed by atoms with van der Waals surface area (Å²) in [5.74, 6) is 0.355. The third kappa shape index (κ3) is 2.48. The summed E-state index contributed by atoms with van der Waals surface area (Å²) in [6, 6.07) is 4.32. The number of fused-ring (bicyclic) bond motifs is 1. The molecule has 100 valence electrons. The van der Waals surface area contributed by atoms with E-state index in [1.807, 2.05) is 10.6 Å². The molecule has 4 nitrogen and oxygen atoms in total. The summed E-state index contributed by atoms with van der Waals surface area (Å²) in [6.45, 7) is 0. The minimum atomic E-state index is -0.321. The van der Waals surface area contributed by atoms with E-state index in [9.17, 15) is 4.79 Å². The van der Waals surface area contributed by atoms with E-state index in [0.29, 0.717) is 5.92 Å². The summed E-state index contributed by atoms with van der Waals surface area (Å²) < 4.78 is 1.96. The van der Waals surface area contributed by atoms with E-state index in [4.69, 9.17) is 5.73 Å². The van der Waals surface area contributed by atoms with E-state index < -0.39 is 0 Å². The minimum absolute atomic E-state index is 0.240. The fourth-order valence-corrected chi connectivity index (χ4v) is 3.05. The normalized spacial score (nSPS) is 16.8. The van der Waals surface area contributed by atoms with Crippen molar-refractivity contribution in [1.82, 2.24) is 9.38 Å². The van der Waals surface area contributed by atoms with E-state index in [1.165, 1.54) is 37.7 Å². The summed E-state index contributed by atoms with van der Waals surface area (Å²) in [5, 5.41) is 0. The van der Waals surface area contributed by atoms with Gasteiger partial charge in [0.2, 0.25) is 5.91 Å². The molecule has 4 heteroatoms. The molecule has 1 saturated carbocycles. The molecule has 2 heterocycles. The third-order valence-electron chi connectivity index (χ3n) is 4.05. The zero-order chi connectivity index (χ0) is 13.2. The Morgan fingerprint density at radius 2 is 2.16 bits per heavy atom. The van der Waals surface area contributed by atoms with Crippen molar-refractivity contribution in [1.29, 1.82) is 0 Å². The van der Waals surface area contributed by atoms with Crippen molar-refractivity contribution in [3.8, 4) is 0 Å². The van der Waals surface area contributed by atoms with Gasteiger partial charge in [0.1, 0.15) is 5.65 Å². The highest BCUT2D eigenvalue weighted by molar-refractivity contribution is 5.76. The Bertz CT molecular complexity index is 596. The monoisotopic (exact) mass is 257 g/mol. The van der Waals surface area contributed by atoms with Crippen LogP contribution in [0.2, 0.25) is 0 Å². The number of pyridine rings is 1. The lowest BCUT2D eigenvalue weighted by molar-refractivity contribution is -0.117. The van der Waals surface area contributed by atoms with E-state index in [1.54, 1.807) is 6.20 Å². The Morgan fingerprint density at radius 3 is 2.89 bits per heavy atom. The van der Waals surface area contributed by atoms with Crippen molar-refractivity contribution in [3.05, 3.63) is 35.8 Å². The molecule has 1 aliphatic rings. The molecule has 0 radical (unpaired) electrons. The zero-order valence-corrected chi connectivity index (χ0v) is 11.0. The van der Waals surface area contributed by atoms with Crippen LogP contribution in [0.25, 0.3) is 5.65 Å². The number of carbonyl (C=O) groups excluding carboxylic acids is 1. The van der Waals surface area contributed by atoms with Crippen molar-refractivity contribution in [2.24, 2.45) is 5.73 Å². The molecule has 2 N–H and O–H groups in total. The molecular formula is C15H19N3O. The molecule has 1 amide bonds. The topological polar surface area (TPSA) is 60.4 Å². The summed E-state index contributed by atoms with van der Waals surface area (Å²) in [4.78, 5) is 15.4. The molecule has 0 bridgehead atoms. The Morgan fingerprint density at radius 1 is 1.37 bits per heavy atom. The number of hydrogen-bond donors (Lipinski definition) is 1. The highest BCUT2D eigenvalue weighted by atomic mass is 16.1. The smallest absolute Gasteiger partial charge is 0.223 e. The van der Waals surface area contributed by atoms with Gasteiger partial charge in [-0.05, 0) is 36.5 Å². The number of aromatic nitrogens is 2. The summed E-state index contributed by atoms with van der Waals surface area (Å²) >= 11 is 0. The fraction of sp³-hybridized carbons (Fsp3) is 0.467. The highest BCUT2D eigenvalue weighted by Crippen LogP contribution is 2.32. The number of amides is 1. The van der Waals surface area contributed by atoms with Gasteiger partial charge in [-0.25, -0.2) is 4.98 Å². The second-order valence-electron chi connectivity index (χ2n) is 5.42. The maximum absolute atomic E-state index is 11.0. The SMILES string of the molecule is NC(=O)Cc1cnc2cc(C3CCCCC3)ccn12. The lowest BCUT2D eigenvalue weighted by Crippen LogP contribution is -2.14. The van der Waals surface area contributed by atoms with Crippen LogP contribution in [0.1, 0.15) is 49.3 Å². The fourth-order valence-electron chi connectivity index (χ4n) is 3.05. The quantitative estimate of drug-likeness (QED) is 0.917. The number of imidazole rings is 1. The summed E-state index contributed by atoms with van der Waals surface area (Å²) in [7, 11) is 0. The first kappa shape index (κ1) is 12.2. The molecule has 0 aromatic carbocycles. The lowest BCUT2D eigenvalue weighted by atomic mass is 9.84. The first-order valence-corrected chi connectivity index (χ1v) is 6.98. The highest BCUT2D eigenvalue weighted by Gasteiger charge is 2.16. The molecule has 0 spiro atoms.